The summed E-state index contributed by atoms with van der Waals surface area (Å²) >= 11 is 0. The molecule has 2 aromatic rings. The Morgan fingerprint density at radius 3 is 2.36 bits per heavy atom. The van der Waals surface area contributed by atoms with Gasteiger partial charge in [0, 0.05) is 43.7 Å². The Kier molecular flexibility index (Phi) is 6.70. The van der Waals surface area contributed by atoms with Crippen molar-refractivity contribution in [3.8, 4) is 0 Å². The Labute approximate surface area is 195 Å². The third-order valence-electron chi connectivity index (χ3n) is 7.02. The summed E-state index contributed by atoms with van der Waals surface area (Å²) < 4.78 is 16.6. The molecule has 0 radical (unpaired) electrons. The van der Waals surface area contributed by atoms with Gasteiger partial charge < -0.3 is 24.0 Å². The van der Waals surface area contributed by atoms with Crippen LogP contribution in [0.4, 0.5) is 10.5 Å². The summed E-state index contributed by atoms with van der Waals surface area (Å²) in [5.41, 5.74) is 3.57. The Hall–Kier alpha value is -3.15. The average molecular weight is 449 g/mol. The highest BCUT2D eigenvalue weighted by Crippen LogP contribution is 2.32. The van der Waals surface area contributed by atoms with Crippen LogP contribution in [0.3, 0.4) is 0 Å². The molecule has 174 valence electrons. The Balaban J connectivity index is 1.12. The maximum atomic E-state index is 12.6. The second-order valence-electron chi connectivity index (χ2n) is 9.15. The third-order valence-corrected chi connectivity index (χ3v) is 7.02. The predicted octanol–water partition coefficient (Wildman–Crippen LogP) is 5.26. The normalized spacial score (nSPS) is 21.5. The molecule has 5 rings (SSSR count). The van der Waals surface area contributed by atoms with E-state index in [2.05, 4.69) is 29.2 Å². The lowest BCUT2D eigenvalue weighted by molar-refractivity contribution is -0.0728. The number of benzene rings is 2. The zero-order chi connectivity index (χ0) is 22.5. The molecule has 33 heavy (non-hydrogen) atoms. The highest BCUT2D eigenvalue weighted by Gasteiger charge is 2.30. The van der Waals surface area contributed by atoms with Crippen molar-refractivity contribution in [2.45, 2.75) is 44.5 Å². The van der Waals surface area contributed by atoms with Gasteiger partial charge in [-0.25, -0.2) is 4.79 Å². The molecular formula is C27H32N2O4. The molecule has 6 nitrogen and oxygen atoms in total. The summed E-state index contributed by atoms with van der Waals surface area (Å²) in [5.74, 6) is 0.803. The Morgan fingerprint density at radius 1 is 0.909 bits per heavy atom. The summed E-state index contributed by atoms with van der Waals surface area (Å²) in [5, 5.41) is 0. The molecule has 6 heteroatoms. The topological polar surface area (TPSA) is 51.2 Å². The van der Waals surface area contributed by atoms with Gasteiger partial charge in [-0.3, -0.25) is 0 Å². The van der Waals surface area contributed by atoms with E-state index in [1.165, 1.54) is 11.3 Å². The largest absolute Gasteiger partial charge is 0.459 e. The van der Waals surface area contributed by atoms with Crippen molar-refractivity contribution in [1.29, 1.82) is 0 Å². The summed E-state index contributed by atoms with van der Waals surface area (Å²) in [6, 6.07) is 18.8. The molecule has 3 heterocycles. The fourth-order valence-corrected chi connectivity index (χ4v) is 5.09. The van der Waals surface area contributed by atoms with Crippen LogP contribution < -0.4 is 4.90 Å². The molecule has 0 aliphatic carbocycles. The van der Waals surface area contributed by atoms with Gasteiger partial charge in [-0.15, -0.1) is 0 Å². The van der Waals surface area contributed by atoms with Gasteiger partial charge in [-0.05, 0) is 48.9 Å². The number of hydrogen-bond acceptors (Lipinski definition) is 5. The van der Waals surface area contributed by atoms with Crippen LogP contribution >= 0.6 is 0 Å². The van der Waals surface area contributed by atoms with E-state index in [1.807, 2.05) is 35.2 Å². The number of amides is 1. The van der Waals surface area contributed by atoms with Gasteiger partial charge in [0.05, 0.1) is 0 Å². The molecule has 1 amide bonds. The molecule has 1 atom stereocenters. The summed E-state index contributed by atoms with van der Waals surface area (Å²) in [6.45, 7) is 3.83. The zero-order valence-electron chi connectivity index (χ0n) is 19.0. The molecule has 0 bridgehead atoms. The van der Waals surface area contributed by atoms with Crippen molar-refractivity contribution >= 4 is 11.8 Å². The van der Waals surface area contributed by atoms with Crippen LogP contribution in [-0.2, 0) is 20.8 Å². The molecule has 3 aliphatic heterocycles. The van der Waals surface area contributed by atoms with Gasteiger partial charge in [0.15, 0.2) is 0 Å². The summed E-state index contributed by atoms with van der Waals surface area (Å²) in [7, 11) is 0. The number of likely N-dealkylation sites (tertiary alicyclic amines) is 1. The van der Waals surface area contributed by atoms with Crippen molar-refractivity contribution in [1.82, 2.24) is 4.90 Å². The Morgan fingerprint density at radius 2 is 1.64 bits per heavy atom. The first-order valence-corrected chi connectivity index (χ1v) is 12.0. The first-order chi connectivity index (χ1) is 16.3. The van der Waals surface area contributed by atoms with Crippen LogP contribution in [0, 0.1) is 5.92 Å². The molecule has 0 saturated carbocycles. The fraction of sp³-hybridized carbons (Fsp3) is 0.444. The molecule has 3 aliphatic rings. The molecule has 0 N–H and O–H groups in total. The fourth-order valence-electron chi connectivity index (χ4n) is 5.09. The minimum atomic E-state index is -0.214. The SMILES string of the molecule is O=C(OCc1ccccc1)N1CCC[C@@H](c2ccc(N3CCC(C4OC=CO4)CC3)cc2)C1. The van der Waals surface area contributed by atoms with E-state index in [4.69, 9.17) is 14.2 Å². The van der Waals surface area contributed by atoms with E-state index in [0.717, 1.165) is 50.9 Å². The van der Waals surface area contributed by atoms with Gasteiger partial charge in [0.2, 0.25) is 6.29 Å². The van der Waals surface area contributed by atoms with Crippen LogP contribution in [0.1, 0.15) is 42.7 Å². The lowest BCUT2D eigenvalue weighted by Gasteiger charge is -2.35. The van der Waals surface area contributed by atoms with Crippen molar-refractivity contribution in [3.05, 3.63) is 78.2 Å². The van der Waals surface area contributed by atoms with Crippen molar-refractivity contribution in [2.75, 3.05) is 31.1 Å². The molecule has 0 aromatic heterocycles. The van der Waals surface area contributed by atoms with Crippen LogP contribution in [0.25, 0.3) is 0 Å². The van der Waals surface area contributed by atoms with E-state index in [1.54, 1.807) is 12.5 Å². The summed E-state index contributed by atoms with van der Waals surface area (Å²) in [4.78, 5) is 16.9. The van der Waals surface area contributed by atoms with Gasteiger partial charge >= 0.3 is 6.09 Å². The Bertz CT molecular complexity index is 930. The maximum Gasteiger partial charge on any atom is 0.410 e. The van der Waals surface area contributed by atoms with Crippen molar-refractivity contribution < 1.29 is 19.0 Å². The lowest BCUT2D eigenvalue weighted by Crippen LogP contribution is -2.39. The van der Waals surface area contributed by atoms with Crippen LogP contribution in [0.2, 0.25) is 0 Å². The van der Waals surface area contributed by atoms with E-state index in [0.29, 0.717) is 25.0 Å². The molecular weight excluding hydrogens is 416 g/mol. The first kappa shape index (κ1) is 21.7. The first-order valence-electron chi connectivity index (χ1n) is 12.0. The minimum absolute atomic E-state index is 0.108. The number of nitrogens with zero attached hydrogens (tertiary/aromatic N) is 2. The maximum absolute atomic E-state index is 12.6. The van der Waals surface area contributed by atoms with Gasteiger partial charge in [0.1, 0.15) is 19.1 Å². The monoisotopic (exact) mass is 448 g/mol. The van der Waals surface area contributed by atoms with Gasteiger partial charge in [0.25, 0.3) is 0 Å². The van der Waals surface area contributed by atoms with E-state index < -0.39 is 0 Å². The number of anilines is 1. The van der Waals surface area contributed by atoms with Gasteiger partial charge in [-0.2, -0.15) is 0 Å². The number of piperidine rings is 2. The van der Waals surface area contributed by atoms with Crippen LogP contribution in [0.5, 0.6) is 0 Å². The van der Waals surface area contributed by atoms with Crippen molar-refractivity contribution in [3.63, 3.8) is 0 Å². The molecule has 0 spiro atoms. The number of carbonyl (C=O) groups excluding carboxylic acids is 1. The third kappa shape index (κ3) is 5.27. The number of carbonyl (C=O) groups is 1. The lowest BCUT2D eigenvalue weighted by atomic mass is 9.90. The van der Waals surface area contributed by atoms with E-state index in [9.17, 15) is 4.79 Å². The average Bonchev–Trinajstić information content (AvgIpc) is 3.43. The highest BCUT2D eigenvalue weighted by atomic mass is 16.7. The molecule has 2 saturated heterocycles. The number of ether oxygens (including phenoxy) is 3. The second-order valence-corrected chi connectivity index (χ2v) is 9.15. The van der Waals surface area contributed by atoms with Crippen LogP contribution in [0.15, 0.2) is 67.1 Å². The molecule has 2 aromatic carbocycles. The molecule has 2 fully saturated rings. The van der Waals surface area contributed by atoms with E-state index in [-0.39, 0.29) is 12.4 Å². The summed E-state index contributed by atoms with van der Waals surface area (Å²) in [6.07, 6.45) is 7.20. The quantitative estimate of drug-likeness (QED) is 0.624. The molecule has 0 unspecified atom stereocenters. The van der Waals surface area contributed by atoms with Crippen LogP contribution in [-0.4, -0.2) is 43.5 Å². The standard InChI is InChI=1S/C27H32N2O4/c30-27(33-20-21-5-2-1-3-6-21)29-14-4-7-24(19-29)22-8-10-25(11-9-22)28-15-12-23(13-16-28)26-31-17-18-32-26/h1-3,5-6,8-11,17-18,23-24,26H,4,7,12-16,19-20H2/t24-/m1/s1. The zero-order valence-corrected chi connectivity index (χ0v) is 19.0. The predicted molar refractivity (Wildman–Crippen MR) is 127 cm³/mol. The smallest absolute Gasteiger partial charge is 0.410 e. The van der Waals surface area contributed by atoms with Crippen molar-refractivity contribution in [2.24, 2.45) is 5.92 Å². The highest BCUT2D eigenvalue weighted by molar-refractivity contribution is 5.68. The number of hydrogen-bond donors (Lipinski definition) is 0. The van der Waals surface area contributed by atoms with E-state index >= 15 is 0 Å². The van der Waals surface area contributed by atoms with Gasteiger partial charge in [-0.1, -0.05) is 42.5 Å². The minimum Gasteiger partial charge on any atom is -0.459 e. The number of rotatable bonds is 5. The second kappa shape index (κ2) is 10.2.